The molecule has 1 saturated carbocycles. The molecule has 0 saturated heterocycles. The Morgan fingerprint density at radius 1 is 1.36 bits per heavy atom. The molecular formula is C19H17F2N3O. The predicted molar refractivity (Wildman–Crippen MR) is 90.0 cm³/mol. The van der Waals surface area contributed by atoms with Gasteiger partial charge in [-0.2, -0.15) is 5.26 Å². The van der Waals surface area contributed by atoms with Crippen molar-refractivity contribution in [1.29, 1.82) is 5.26 Å². The molecule has 128 valence electrons. The fourth-order valence-corrected chi connectivity index (χ4v) is 3.16. The number of halogens is 2. The van der Waals surface area contributed by atoms with E-state index in [9.17, 15) is 18.8 Å². The number of rotatable bonds is 5. The number of nitriles is 1. The van der Waals surface area contributed by atoms with Crippen LogP contribution in [-0.4, -0.2) is 17.2 Å². The van der Waals surface area contributed by atoms with E-state index in [0.717, 1.165) is 11.3 Å². The molecule has 0 aliphatic heterocycles. The molecule has 2 unspecified atom stereocenters. The third kappa shape index (κ3) is 2.86. The van der Waals surface area contributed by atoms with Gasteiger partial charge in [0.15, 0.2) is 0 Å². The Morgan fingerprint density at radius 3 is 2.56 bits per heavy atom. The van der Waals surface area contributed by atoms with Crippen LogP contribution < -0.4 is 5.32 Å². The van der Waals surface area contributed by atoms with Gasteiger partial charge in [0.25, 0.3) is 5.92 Å². The molecule has 3 rings (SSSR count). The molecule has 4 nitrogen and oxygen atoms in total. The minimum Gasteiger partial charge on any atom is -0.354 e. The van der Waals surface area contributed by atoms with Crippen LogP contribution in [0.4, 0.5) is 20.2 Å². The van der Waals surface area contributed by atoms with E-state index in [1.165, 1.54) is 0 Å². The van der Waals surface area contributed by atoms with Crippen LogP contribution in [0.5, 0.6) is 0 Å². The first-order chi connectivity index (χ1) is 11.9. The molecule has 1 aromatic carbocycles. The van der Waals surface area contributed by atoms with Gasteiger partial charge in [0, 0.05) is 5.69 Å². The fraction of sp³-hybridized carbons (Fsp3) is 0.316. The Hall–Kier alpha value is -2.81. The number of aromatic nitrogens is 1. The summed E-state index contributed by atoms with van der Waals surface area (Å²) in [5, 5.41) is 12.5. The molecule has 1 fully saturated rings. The summed E-state index contributed by atoms with van der Waals surface area (Å²) in [4.78, 5) is 14.9. The van der Waals surface area contributed by atoms with Gasteiger partial charge in [-0.3, -0.25) is 4.98 Å². The van der Waals surface area contributed by atoms with Crippen LogP contribution in [0.3, 0.4) is 0 Å². The summed E-state index contributed by atoms with van der Waals surface area (Å²) < 4.78 is 27.1. The van der Waals surface area contributed by atoms with Gasteiger partial charge in [-0.05, 0) is 36.6 Å². The number of aldehydes is 1. The van der Waals surface area contributed by atoms with Crippen molar-refractivity contribution in [2.24, 2.45) is 5.92 Å². The number of carbonyl (C=O) groups excluding carboxylic acids is 1. The number of alkyl halides is 2. The van der Waals surface area contributed by atoms with Crippen molar-refractivity contribution in [1.82, 2.24) is 4.98 Å². The number of pyridine rings is 1. The minimum absolute atomic E-state index is 0.325. The summed E-state index contributed by atoms with van der Waals surface area (Å²) in [7, 11) is 0. The van der Waals surface area contributed by atoms with Crippen LogP contribution in [0.2, 0.25) is 0 Å². The second kappa shape index (κ2) is 6.25. The van der Waals surface area contributed by atoms with Crippen molar-refractivity contribution in [3.05, 3.63) is 52.8 Å². The quantitative estimate of drug-likeness (QED) is 0.831. The average molecular weight is 341 g/mol. The fourth-order valence-electron chi connectivity index (χ4n) is 3.16. The number of carbonyl (C=O) groups is 1. The van der Waals surface area contributed by atoms with Crippen LogP contribution in [0.1, 0.15) is 35.2 Å². The SMILES string of the molecule is CCc1c(Nc2ccc(C3C(C=O)C3(F)F)cc2)cnc(C)c1C#N. The Bertz CT molecular complexity index is 856. The molecule has 1 N–H and O–H groups in total. The first-order valence-electron chi connectivity index (χ1n) is 8.02. The number of nitrogens with one attached hydrogen (secondary N) is 1. The topological polar surface area (TPSA) is 65.8 Å². The van der Waals surface area contributed by atoms with E-state index >= 15 is 0 Å². The molecule has 1 heterocycles. The van der Waals surface area contributed by atoms with Gasteiger partial charge in [-0.15, -0.1) is 0 Å². The lowest BCUT2D eigenvalue weighted by atomic mass is 10.0. The maximum atomic E-state index is 13.5. The van der Waals surface area contributed by atoms with Crippen molar-refractivity contribution in [3.8, 4) is 6.07 Å². The first kappa shape index (κ1) is 17.0. The van der Waals surface area contributed by atoms with Gasteiger partial charge in [-0.1, -0.05) is 19.1 Å². The summed E-state index contributed by atoms with van der Waals surface area (Å²) >= 11 is 0. The predicted octanol–water partition coefficient (Wildman–Crippen LogP) is 4.12. The van der Waals surface area contributed by atoms with Crippen LogP contribution in [0.15, 0.2) is 30.5 Å². The van der Waals surface area contributed by atoms with E-state index in [0.29, 0.717) is 35.2 Å². The molecule has 2 atom stereocenters. The molecule has 1 aromatic heterocycles. The van der Waals surface area contributed by atoms with Gasteiger partial charge in [0.1, 0.15) is 12.4 Å². The van der Waals surface area contributed by atoms with E-state index in [1.807, 2.05) is 6.92 Å². The highest BCUT2D eigenvalue weighted by Gasteiger charge is 2.68. The molecule has 1 aliphatic rings. The summed E-state index contributed by atoms with van der Waals surface area (Å²) in [5.41, 5.74) is 3.98. The van der Waals surface area contributed by atoms with E-state index in [-0.39, 0.29) is 0 Å². The molecule has 1 aliphatic carbocycles. The normalized spacial score (nSPS) is 20.6. The van der Waals surface area contributed by atoms with E-state index in [2.05, 4.69) is 16.4 Å². The molecule has 0 bridgehead atoms. The Balaban J connectivity index is 1.84. The Labute approximate surface area is 144 Å². The van der Waals surface area contributed by atoms with Crippen LogP contribution in [0.25, 0.3) is 0 Å². The lowest BCUT2D eigenvalue weighted by molar-refractivity contribution is -0.110. The third-order valence-electron chi connectivity index (χ3n) is 4.65. The van der Waals surface area contributed by atoms with E-state index in [4.69, 9.17) is 0 Å². The average Bonchev–Trinajstić information content (AvgIpc) is 3.17. The monoisotopic (exact) mass is 341 g/mol. The molecule has 0 spiro atoms. The standard InChI is InChI=1S/C19H17F2N3O/c1-3-14-15(8-22)11(2)23-9-17(14)24-13-6-4-12(5-7-13)18-16(10-25)19(18,20)21/h4-7,9-10,16,18,24H,3H2,1-2H3. The zero-order chi connectivity index (χ0) is 18.2. The minimum atomic E-state index is -2.95. The van der Waals surface area contributed by atoms with Crippen molar-refractivity contribution < 1.29 is 13.6 Å². The van der Waals surface area contributed by atoms with Crippen molar-refractivity contribution in [2.75, 3.05) is 5.32 Å². The van der Waals surface area contributed by atoms with Crippen molar-refractivity contribution in [2.45, 2.75) is 32.1 Å². The van der Waals surface area contributed by atoms with Gasteiger partial charge < -0.3 is 10.1 Å². The summed E-state index contributed by atoms with van der Waals surface area (Å²) in [6.07, 6.45) is 2.66. The summed E-state index contributed by atoms with van der Waals surface area (Å²) in [6, 6.07) is 8.76. The molecular weight excluding hydrogens is 324 g/mol. The van der Waals surface area contributed by atoms with Gasteiger partial charge in [0.2, 0.25) is 0 Å². The second-order valence-corrected chi connectivity index (χ2v) is 6.14. The molecule has 25 heavy (non-hydrogen) atoms. The van der Waals surface area contributed by atoms with Gasteiger partial charge >= 0.3 is 0 Å². The number of nitrogens with zero attached hydrogens (tertiary/aromatic N) is 2. The van der Waals surface area contributed by atoms with Crippen LogP contribution in [0, 0.1) is 24.2 Å². The number of hydrogen-bond acceptors (Lipinski definition) is 4. The van der Waals surface area contributed by atoms with Crippen LogP contribution >= 0.6 is 0 Å². The summed E-state index contributed by atoms with van der Waals surface area (Å²) in [6.45, 7) is 3.74. The molecule has 2 aromatic rings. The first-order valence-corrected chi connectivity index (χ1v) is 8.02. The number of benzene rings is 1. The van der Waals surface area contributed by atoms with Crippen molar-refractivity contribution in [3.63, 3.8) is 0 Å². The number of aryl methyl sites for hydroxylation is 1. The highest BCUT2D eigenvalue weighted by Crippen LogP contribution is 2.60. The van der Waals surface area contributed by atoms with Gasteiger partial charge in [-0.25, -0.2) is 8.78 Å². The summed E-state index contributed by atoms with van der Waals surface area (Å²) in [5.74, 6) is -5.21. The highest BCUT2D eigenvalue weighted by atomic mass is 19.3. The highest BCUT2D eigenvalue weighted by molar-refractivity contribution is 5.68. The van der Waals surface area contributed by atoms with Crippen molar-refractivity contribution >= 4 is 17.7 Å². The van der Waals surface area contributed by atoms with Crippen LogP contribution in [-0.2, 0) is 11.2 Å². The maximum absolute atomic E-state index is 13.5. The zero-order valence-electron chi connectivity index (χ0n) is 13.9. The smallest absolute Gasteiger partial charge is 0.265 e. The number of hydrogen-bond donors (Lipinski definition) is 1. The van der Waals surface area contributed by atoms with Gasteiger partial charge in [0.05, 0.1) is 35.0 Å². The largest absolute Gasteiger partial charge is 0.354 e. The third-order valence-corrected chi connectivity index (χ3v) is 4.65. The van der Waals surface area contributed by atoms with E-state index in [1.54, 1.807) is 37.4 Å². The molecule has 0 amide bonds. The second-order valence-electron chi connectivity index (χ2n) is 6.14. The maximum Gasteiger partial charge on any atom is 0.265 e. The zero-order valence-corrected chi connectivity index (χ0v) is 13.9. The molecule has 6 heteroatoms. The Morgan fingerprint density at radius 2 is 2.04 bits per heavy atom. The van der Waals surface area contributed by atoms with E-state index < -0.39 is 17.8 Å². The number of anilines is 2. The lowest BCUT2D eigenvalue weighted by Crippen LogP contribution is -2.02. The Kier molecular flexibility index (Phi) is 4.25. The lowest BCUT2D eigenvalue weighted by Gasteiger charge is -2.13. The molecule has 0 radical (unpaired) electrons.